The lowest BCUT2D eigenvalue weighted by Crippen LogP contribution is -2.30. The lowest BCUT2D eigenvalue weighted by molar-refractivity contribution is 0.0704. The van der Waals surface area contributed by atoms with Gasteiger partial charge in [0.15, 0.2) is 17.1 Å². The molecule has 2 aromatic carbocycles. The van der Waals surface area contributed by atoms with Gasteiger partial charge in [0.2, 0.25) is 0 Å². The first kappa shape index (κ1) is 18.2. The van der Waals surface area contributed by atoms with E-state index in [2.05, 4.69) is 0 Å². The third kappa shape index (κ3) is 3.05. The van der Waals surface area contributed by atoms with Crippen LogP contribution in [-0.2, 0) is 0 Å². The van der Waals surface area contributed by atoms with Gasteiger partial charge in [-0.15, -0.1) is 0 Å². The zero-order valence-corrected chi connectivity index (χ0v) is 16.2. The van der Waals surface area contributed by atoms with E-state index in [0.29, 0.717) is 23.6 Å². The van der Waals surface area contributed by atoms with Crippen molar-refractivity contribution in [2.24, 2.45) is 0 Å². The van der Waals surface area contributed by atoms with Crippen LogP contribution in [0.15, 0.2) is 46.9 Å². The molecule has 0 radical (unpaired) electrons. The highest BCUT2D eigenvalue weighted by molar-refractivity contribution is 5.97. The standard InChI is InChI=1S/C22H23NO5/c1-25-15-9-10-18(26-2)16(13-15)17-7-5-11-23(17)22(24)20-12-14-6-4-8-19(27-3)21(14)28-20/h4,6,8-10,12-13,17H,5,7,11H2,1-3H3. The molecular formula is C22H23NO5. The summed E-state index contributed by atoms with van der Waals surface area (Å²) in [7, 11) is 4.85. The molecule has 0 saturated carbocycles. The van der Waals surface area contributed by atoms with Gasteiger partial charge in [0.25, 0.3) is 5.91 Å². The number of likely N-dealkylation sites (tertiary alicyclic amines) is 1. The molecule has 1 atom stereocenters. The molecule has 0 spiro atoms. The van der Waals surface area contributed by atoms with E-state index in [1.807, 2.05) is 41.3 Å². The van der Waals surface area contributed by atoms with E-state index in [1.165, 1.54) is 0 Å². The summed E-state index contributed by atoms with van der Waals surface area (Å²) in [6.45, 7) is 0.665. The third-order valence-electron chi connectivity index (χ3n) is 5.25. The summed E-state index contributed by atoms with van der Waals surface area (Å²) < 4.78 is 22.1. The smallest absolute Gasteiger partial charge is 0.290 e. The van der Waals surface area contributed by atoms with Gasteiger partial charge in [-0.2, -0.15) is 0 Å². The number of amides is 1. The fraction of sp³-hybridized carbons (Fsp3) is 0.318. The van der Waals surface area contributed by atoms with Crippen molar-refractivity contribution in [3.05, 3.63) is 53.8 Å². The van der Waals surface area contributed by atoms with E-state index in [0.717, 1.165) is 35.3 Å². The first-order chi connectivity index (χ1) is 13.7. The van der Waals surface area contributed by atoms with Crippen LogP contribution in [0, 0.1) is 0 Å². The molecule has 1 aliphatic rings. The Labute approximate surface area is 163 Å². The minimum Gasteiger partial charge on any atom is -0.497 e. The van der Waals surface area contributed by atoms with Crippen molar-refractivity contribution in [2.45, 2.75) is 18.9 Å². The largest absolute Gasteiger partial charge is 0.497 e. The van der Waals surface area contributed by atoms with Gasteiger partial charge in [0, 0.05) is 17.5 Å². The number of methoxy groups -OCH3 is 3. The fourth-order valence-electron chi connectivity index (χ4n) is 3.88. The van der Waals surface area contributed by atoms with E-state index >= 15 is 0 Å². The van der Waals surface area contributed by atoms with Crippen LogP contribution in [0.3, 0.4) is 0 Å². The van der Waals surface area contributed by atoms with Gasteiger partial charge >= 0.3 is 0 Å². The van der Waals surface area contributed by atoms with Crippen molar-refractivity contribution in [1.82, 2.24) is 4.90 Å². The fourth-order valence-corrected chi connectivity index (χ4v) is 3.88. The van der Waals surface area contributed by atoms with Gasteiger partial charge in [-0.25, -0.2) is 0 Å². The maximum Gasteiger partial charge on any atom is 0.290 e. The number of rotatable bonds is 5. The minimum atomic E-state index is -0.134. The first-order valence-electron chi connectivity index (χ1n) is 9.25. The molecule has 0 N–H and O–H groups in total. The van der Waals surface area contributed by atoms with E-state index in [-0.39, 0.29) is 11.9 Å². The normalized spacial score (nSPS) is 16.4. The molecule has 1 unspecified atom stereocenters. The average molecular weight is 381 g/mol. The van der Waals surface area contributed by atoms with Gasteiger partial charge in [0.05, 0.1) is 27.4 Å². The van der Waals surface area contributed by atoms with Crippen LogP contribution in [0.25, 0.3) is 11.0 Å². The Balaban J connectivity index is 1.70. The van der Waals surface area contributed by atoms with Gasteiger partial charge in [-0.3, -0.25) is 4.79 Å². The maximum atomic E-state index is 13.3. The van der Waals surface area contributed by atoms with E-state index in [1.54, 1.807) is 27.4 Å². The number of fused-ring (bicyclic) bond motifs is 1. The molecule has 1 aromatic heterocycles. The van der Waals surface area contributed by atoms with Gasteiger partial charge in [-0.1, -0.05) is 12.1 Å². The summed E-state index contributed by atoms with van der Waals surface area (Å²) >= 11 is 0. The van der Waals surface area contributed by atoms with Crippen molar-refractivity contribution in [3.63, 3.8) is 0 Å². The number of carbonyl (C=O) groups is 1. The van der Waals surface area contributed by atoms with Gasteiger partial charge in [-0.05, 0) is 43.2 Å². The summed E-state index contributed by atoms with van der Waals surface area (Å²) in [5.74, 6) is 2.28. The van der Waals surface area contributed by atoms with Crippen LogP contribution in [0.5, 0.6) is 17.2 Å². The van der Waals surface area contributed by atoms with Crippen LogP contribution >= 0.6 is 0 Å². The molecule has 1 amide bonds. The number of furan rings is 1. The first-order valence-corrected chi connectivity index (χ1v) is 9.25. The number of carbonyl (C=O) groups excluding carboxylic acids is 1. The molecule has 1 fully saturated rings. The number of nitrogens with zero attached hydrogens (tertiary/aromatic N) is 1. The molecule has 3 aromatic rings. The zero-order chi connectivity index (χ0) is 19.7. The van der Waals surface area contributed by atoms with Crippen molar-refractivity contribution in [3.8, 4) is 17.2 Å². The monoisotopic (exact) mass is 381 g/mol. The number of hydrogen-bond acceptors (Lipinski definition) is 5. The van der Waals surface area contributed by atoms with Crippen LogP contribution in [0.4, 0.5) is 0 Å². The lowest BCUT2D eigenvalue weighted by Gasteiger charge is -2.26. The Kier molecular flexibility index (Phi) is 4.86. The quantitative estimate of drug-likeness (QED) is 0.654. The molecule has 6 nitrogen and oxygen atoms in total. The molecule has 0 aliphatic carbocycles. The highest BCUT2D eigenvalue weighted by atomic mass is 16.5. The van der Waals surface area contributed by atoms with Crippen molar-refractivity contribution < 1.29 is 23.4 Å². The highest BCUT2D eigenvalue weighted by Crippen LogP contribution is 2.40. The number of para-hydroxylation sites is 1. The van der Waals surface area contributed by atoms with Crippen molar-refractivity contribution in [2.75, 3.05) is 27.9 Å². The Bertz CT molecular complexity index is 1010. The average Bonchev–Trinajstić information content (AvgIpc) is 3.39. The van der Waals surface area contributed by atoms with Crippen LogP contribution in [0.1, 0.15) is 35.0 Å². The zero-order valence-electron chi connectivity index (χ0n) is 16.2. The molecule has 2 heterocycles. The number of ether oxygens (including phenoxy) is 3. The molecule has 0 bridgehead atoms. The van der Waals surface area contributed by atoms with E-state index < -0.39 is 0 Å². The SMILES string of the molecule is COc1ccc(OC)c(C2CCCN2C(=O)c2cc3cccc(OC)c3o2)c1. The molecule has 4 rings (SSSR count). The van der Waals surface area contributed by atoms with Crippen LogP contribution in [0.2, 0.25) is 0 Å². The molecule has 6 heteroatoms. The predicted octanol–water partition coefficient (Wildman–Crippen LogP) is 4.44. The van der Waals surface area contributed by atoms with E-state index in [9.17, 15) is 4.79 Å². The summed E-state index contributed by atoms with van der Waals surface area (Å²) in [6.07, 6.45) is 1.78. The summed E-state index contributed by atoms with van der Waals surface area (Å²) in [5, 5.41) is 0.845. The number of hydrogen-bond donors (Lipinski definition) is 0. The van der Waals surface area contributed by atoms with Crippen LogP contribution in [-0.4, -0.2) is 38.7 Å². The maximum absolute atomic E-state index is 13.3. The lowest BCUT2D eigenvalue weighted by atomic mass is 10.0. The van der Waals surface area contributed by atoms with Gasteiger partial charge < -0.3 is 23.5 Å². The second-order valence-electron chi connectivity index (χ2n) is 6.75. The molecule has 1 aliphatic heterocycles. The Hall–Kier alpha value is -3.15. The molecule has 28 heavy (non-hydrogen) atoms. The molecular weight excluding hydrogens is 358 g/mol. The summed E-state index contributed by atoms with van der Waals surface area (Å²) in [5.41, 5.74) is 1.53. The minimum absolute atomic E-state index is 0.0901. The third-order valence-corrected chi connectivity index (χ3v) is 5.25. The van der Waals surface area contributed by atoms with E-state index in [4.69, 9.17) is 18.6 Å². The second-order valence-corrected chi connectivity index (χ2v) is 6.75. The number of benzene rings is 2. The summed E-state index contributed by atoms with van der Waals surface area (Å²) in [6, 6.07) is 13.0. The summed E-state index contributed by atoms with van der Waals surface area (Å²) in [4.78, 5) is 15.1. The predicted molar refractivity (Wildman–Crippen MR) is 105 cm³/mol. The molecule has 1 saturated heterocycles. The second kappa shape index (κ2) is 7.46. The van der Waals surface area contributed by atoms with Crippen molar-refractivity contribution in [1.29, 1.82) is 0 Å². The Morgan fingerprint density at radius 2 is 1.86 bits per heavy atom. The Morgan fingerprint density at radius 3 is 2.61 bits per heavy atom. The topological polar surface area (TPSA) is 61.1 Å². The highest BCUT2D eigenvalue weighted by Gasteiger charge is 2.34. The van der Waals surface area contributed by atoms with Gasteiger partial charge in [0.1, 0.15) is 11.5 Å². The Morgan fingerprint density at radius 1 is 1.04 bits per heavy atom. The molecule has 146 valence electrons. The van der Waals surface area contributed by atoms with Crippen LogP contribution < -0.4 is 14.2 Å². The van der Waals surface area contributed by atoms with Crippen molar-refractivity contribution >= 4 is 16.9 Å².